The Labute approximate surface area is 224 Å². The second kappa shape index (κ2) is 10.4. The van der Waals surface area contributed by atoms with E-state index in [1.165, 1.54) is 18.5 Å². The first-order valence-electron chi connectivity index (χ1n) is 11.8. The summed E-state index contributed by atoms with van der Waals surface area (Å²) in [6, 6.07) is 19.4. The summed E-state index contributed by atoms with van der Waals surface area (Å²) in [6.45, 7) is 4.26. The number of imide groups is 2. The fourth-order valence-corrected chi connectivity index (χ4v) is 4.43. The molecular weight excluding hydrogens is 504 g/mol. The van der Waals surface area contributed by atoms with Crippen molar-refractivity contribution in [3.05, 3.63) is 112 Å². The average molecular weight is 527 g/mol. The Morgan fingerprint density at radius 2 is 1.71 bits per heavy atom. The van der Waals surface area contributed by atoms with Gasteiger partial charge in [0, 0.05) is 28.3 Å². The number of barbiturate groups is 1. The summed E-state index contributed by atoms with van der Waals surface area (Å²) in [4.78, 5) is 43.0. The molecule has 8 nitrogen and oxygen atoms in total. The van der Waals surface area contributed by atoms with E-state index in [1.54, 1.807) is 12.1 Å². The zero-order valence-electron chi connectivity index (χ0n) is 20.6. The topological polar surface area (TPSA) is 93.5 Å². The molecule has 0 spiro atoms. The van der Waals surface area contributed by atoms with E-state index >= 15 is 0 Å². The number of amides is 4. The summed E-state index contributed by atoms with van der Waals surface area (Å²) < 4.78 is 7.91. The molecule has 1 saturated heterocycles. The van der Waals surface area contributed by atoms with Crippen molar-refractivity contribution in [1.82, 2.24) is 14.9 Å². The number of benzene rings is 2. The van der Waals surface area contributed by atoms with Crippen molar-refractivity contribution in [1.29, 1.82) is 0 Å². The number of urea groups is 1. The highest BCUT2D eigenvalue weighted by Crippen LogP contribution is 2.27. The fourth-order valence-electron chi connectivity index (χ4n) is 4.30. The third-order valence-corrected chi connectivity index (χ3v) is 6.44. The zero-order chi connectivity index (χ0) is 26.8. The molecule has 1 N–H and O–H groups in total. The molecule has 38 heavy (non-hydrogen) atoms. The highest BCUT2D eigenvalue weighted by Gasteiger charge is 2.37. The maximum atomic E-state index is 13.2. The van der Waals surface area contributed by atoms with E-state index in [-0.39, 0.29) is 11.3 Å². The highest BCUT2D eigenvalue weighted by atomic mass is 35.5. The third-order valence-electron chi connectivity index (χ3n) is 6.19. The van der Waals surface area contributed by atoms with Crippen LogP contribution in [0.4, 0.5) is 10.5 Å². The molecule has 2 aromatic heterocycles. The van der Waals surface area contributed by atoms with Crippen molar-refractivity contribution >= 4 is 41.2 Å². The number of anilines is 1. The minimum absolute atomic E-state index is 0.139. The standard InChI is InChI=1S/C29H23ClN4O4/c1-18-14-21(15-26-27(35)32-29(37)34(28(26)36)24-4-3-13-31-16-24)19(2)33(18)23-9-11-25(12-10-23)38-17-20-5-7-22(30)8-6-20/h3-16H,17H2,1-2H3,(H,32,35,37)/b26-15+. The van der Waals surface area contributed by atoms with Gasteiger partial charge in [-0.3, -0.25) is 19.9 Å². The lowest BCUT2D eigenvalue weighted by Gasteiger charge is -2.26. The Morgan fingerprint density at radius 3 is 2.39 bits per heavy atom. The minimum Gasteiger partial charge on any atom is -0.489 e. The number of carbonyl (C=O) groups excluding carboxylic acids is 3. The van der Waals surface area contributed by atoms with Gasteiger partial charge in [0.05, 0.1) is 11.9 Å². The van der Waals surface area contributed by atoms with E-state index in [0.717, 1.165) is 33.3 Å². The van der Waals surface area contributed by atoms with Gasteiger partial charge in [0.2, 0.25) is 0 Å². The van der Waals surface area contributed by atoms with Crippen molar-refractivity contribution in [2.24, 2.45) is 0 Å². The van der Waals surface area contributed by atoms with Crippen LogP contribution in [0.25, 0.3) is 11.8 Å². The van der Waals surface area contributed by atoms with Crippen LogP contribution in [0.5, 0.6) is 5.75 Å². The molecule has 190 valence electrons. The van der Waals surface area contributed by atoms with Crippen LogP contribution in [0.2, 0.25) is 5.02 Å². The third kappa shape index (κ3) is 4.94. The van der Waals surface area contributed by atoms with Gasteiger partial charge < -0.3 is 9.30 Å². The molecular formula is C29H23ClN4O4. The first kappa shape index (κ1) is 25.0. The van der Waals surface area contributed by atoms with Crippen molar-refractivity contribution in [3.63, 3.8) is 0 Å². The summed E-state index contributed by atoms with van der Waals surface area (Å²) in [6.07, 6.45) is 4.43. The van der Waals surface area contributed by atoms with Crippen LogP contribution in [-0.4, -0.2) is 27.4 Å². The van der Waals surface area contributed by atoms with Crippen molar-refractivity contribution in [3.8, 4) is 11.4 Å². The lowest BCUT2D eigenvalue weighted by Crippen LogP contribution is -2.54. The number of hydrogen-bond donors (Lipinski definition) is 1. The highest BCUT2D eigenvalue weighted by molar-refractivity contribution is 6.39. The summed E-state index contributed by atoms with van der Waals surface area (Å²) in [5.41, 5.74) is 4.47. The van der Waals surface area contributed by atoms with Gasteiger partial charge in [-0.1, -0.05) is 23.7 Å². The Bertz CT molecular complexity index is 1560. The van der Waals surface area contributed by atoms with Crippen molar-refractivity contribution < 1.29 is 19.1 Å². The molecule has 4 amide bonds. The molecule has 0 saturated carbocycles. The number of halogens is 1. The van der Waals surface area contributed by atoms with E-state index < -0.39 is 17.8 Å². The predicted octanol–water partition coefficient (Wildman–Crippen LogP) is 5.39. The van der Waals surface area contributed by atoms with Crippen molar-refractivity contribution in [2.45, 2.75) is 20.5 Å². The van der Waals surface area contributed by atoms with E-state index in [9.17, 15) is 14.4 Å². The Morgan fingerprint density at radius 1 is 0.974 bits per heavy atom. The van der Waals surface area contributed by atoms with Gasteiger partial charge in [-0.2, -0.15) is 0 Å². The molecule has 0 aliphatic carbocycles. The molecule has 1 aliphatic heterocycles. The largest absolute Gasteiger partial charge is 0.489 e. The first-order chi connectivity index (χ1) is 18.3. The number of aromatic nitrogens is 2. The van der Waals surface area contributed by atoms with Crippen LogP contribution < -0.4 is 15.0 Å². The number of ether oxygens (including phenoxy) is 1. The van der Waals surface area contributed by atoms with Crippen LogP contribution in [0.15, 0.2) is 84.7 Å². The molecule has 3 heterocycles. The van der Waals surface area contributed by atoms with Crippen molar-refractivity contribution in [2.75, 3.05) is 4.90 Å². The van der Waals surface area contributed by atoms with Gasteiger partial charge in [0.25, 0.3) is 11.8 Å². The maximum absolute atomic E-state index is 13.2. The van der Waals surface area contributed by atoms with Gasteiger partial charge in [0.1, 0.15) is 17.9 Å². The van der Waals surface area contributed by atoms with Gasteiger partial charge in [-0.05, 0) is 85.6 Å². The first-order valence-corrected chi connectivity index (χ1v) is 12.2. The number of carbonyl (C=O) groups is 3. The van der Waals surface area contributed by atoms with E-state index in [4.69, 9.17) is 16.3 Å². The number of pyridine rings is 1. The number of hydrogen-bond acceptors (Lipinski definition) is 5. The monoisotopic (exact) mass is 526 g/mol. The maximum Gasteiger partial charge on any atom is 0.336 e. The lowest BCUT2D eigenvalue weighted by molar-refractivity contribution is -0.122. The SMILES string of the molecule is Cc1cc(/C=C2\C(=O)NC(=O)N(c3cccnc3)C2=O)c(C)n1-c1ccc(OCc2ccc(Cl)cc2)cc1. The average Bonchev–Trinajstić information content (AvgIpc) is 3.19. The Kier molecular flexibility index (Phi) is 6.81. The van der Waals surface area contributed by atoms with E-state index in [0.29, 0.717) is 17.2 Å². The molecule has 0 radical (unpaired) electrons. The molecule has 1 fully saturated rings. The van der Waals surface area contributed by atoms with Crippen LogP contribution in [0.1, 0.15) is 22.5 Å². The van der Waals surface area contributed by atoms with Gasteiger partial charge in [-0.25, -0.2) is 9.69 Å². The smallest absolute Gasteiger partial charge is 0.336 e. The number of aryl methyl sites for hydroxylation is 1. The van der Waals surface area contributed by atoms with Gasteiger partial charge in [-0.15, -0.1) is 0 Å². The quantitative estimate of drug-likeness (QED) is 0.268. The molecule has 0 unspecified atom stereocenters. The van der Waals surface area contributed by atoms with Crippen LogP contribution in [0.3, 0.4) is 0 Å². The fraction of sp³-hybridized carbons (Fsp3) is 0.103. The van der Waals surface area contributed by atoms with E-state index in [2.05, 4.69) is 10.3 Å². The molecule has 9 heteroatoms. The lowest BCUT2D eigenvalue weighted by atomic mass is 10.1. The predicted molar refractivity (Wildman–Crippen MR) is 144 cm³/mol. The summed E-state index contributed by atoms with van der Waals surface area (Å²) in [5, 5.41) is 2.92. The number of nitrogens with one attached hydrogen (secondary N) is 1. The summed E-state index contributed by atoms with van der Waals surface area (Å²) >= 11 is 5.94. The normalized spacial score (nSPS) is 14.7. The molecule has 0 atom stereocenters. The van der Waals surface area contributed by atoms with Gasteiger partial charge in [0.15, 0.2) is 0 Å². The molecule has 0 bridgehead atoms. The molecule has 1 aliphatic rings. The molecule has 5 rings (SSSR count). The molecule has 4 aromatic rings. The van der Waals surface area contributed by atoms with E-state index in [1.807, 2.05) is 73.0 Å². The second-order valence-corrected chi connectivity index (χ2v) is 9.18. The van der Waals surface area contributed by atoms with Crippen LogP contribution in [0, 0.1) is 13.8 Å². The van der Waals surface area contributed by atoms with Crippen LogP contribution in [-0.2, 0) is 16.2 Å². The number of rotatable bonds is 6. The molecule has 2 aromatic carbocycles. The minimum atomic E-state index is -0.811. The Hall–Kier alpha value is -4.69. The van der Waals surface area contributed by atoms with Crippen LogP contribution >= 0.6 is 11.6 Å². The van der Waals surface area contributed by atoms with Gasteiger partial charge >= 0.3 is 6.03 Å². The zero-order valence-corrected chi connectivity index (χ0v) is 21.4. The number of nitrogens with zero attached hydrogens (tertiary/aromatic N) is 3. The Balaban J connectivity index is 1.39. The second-order valence-electron chi connectivity index (χ2n) is 8.74. The summed E-state index contributed by atoms with van der Waals surface area (Å²) in [7, 11) is 0. The summed E-state index contributed by atoms with van der Waals surface area (Å²) in [5.74, 6) is -0.732.